The number of nitrogens with zero attached hydrogens (tertiary/aromatic N) is 2. The van der Waals surface area contributed by atoms with E-state index in [0.29, 0.717) is 16.4 Å². The number of benzene rings is 2. The Morgan fingerprint density at radius 1 is 1.12 bits per heavy atom. The van der Waals surface area contributed by atoms with Gasteiger partial charge < -0.3 is 11.1 Å². The Hall–Kier alpha value is -2.84. The molecule has 1 aromatic heterocycles. The fourth-order valence-corrected chi connectivity index (χ4v) is 3.05. The zero-order chi connectivity index (χ0) is 18.9. The molecule has 7 nitrogen and oxygen atoms in total. The minimum atomic E-state index is -3.28. The smallest absolute Gasteiger partial charge is 0.254 e. The third kappa shape index (κ3) is 3.87. The summed E-state index contributed by atoms with van der Waals surface area (Å²) >= 11 is 5.88. The number of nitrogens with one attached hydrogen (secondary N) is 1. The Morgan fingerprint density at radius 2 is 1.73 bits per heavy atom. The molecule has 0 saturated heterocycles. The summed E-state index contributed by atoms with van der Waals surface area (Å²) in [7, 11) is -3.28. The summed E-state index contributed by atoms with van der Waals surface area (Å²) in [6.45, 7) is 0. The van der Waals surface area contributed by atoms with Gasteiger partial charge >= 0.3 is 0 Å². The summed E-state index contributed by atoms with van der Waals surface area (Å²) < 4.78 is 24.6. The van der Waals surface area contributed by atoms with Gasteiger partial charge in [0.05, 0.1) is 10.6 Å². The van der Waals surface area contributed by atoms with Gasteiger partial charge in [-0.3, -0.25) is 4.79 Å². The van der Waals surface area contributed by atoms with Crippen molar-refractivity contribution in [1.82, 2.24) is 9.78 Å². The summed E-state index contributed by atoms with van der Waals surface area (Å²) in [5, 5.41) is 7.91. The van der Waals surface area contributed by atoms with Crippen LogP contribution in [0.25, 0.3) is 5.69 Å². The van der Waals surface area contributed by atoms with Gasteiger partial charge in [-0.15, -0.1) is 5.10 Å². The Kier molecular flexibility index (Phi) is 4.71. The number of carbonyl (C=O) groups is 1. The number of carbonyl (C=O) groups excluding carboxylic acids is 1. The highest BCUT2D eigenvalue weighted by Crippen LogP contribution is 2.23. The highest BCUT2D eigenvalue weighted by atomic mass is 35.5. The first-order valence-electron chi connectivity index (χ1n) is 7.46. The molecular weight excluding hydrogens is 376 g/mol. The molecule has 0 aliphatic heterocycles. The standard InChI is InChI=1S/C17H15ClN4O3S/c1-26(24,25)14-8-4-12(5-9-14)20-17-15(16(19)23)10-22(21-17)13-6-2-11(18)3-7-13/h2-10H,1H3,(H2,19,23)(H,20,21). The lowest BCUT2D eigenvalue weighted by Crippen LogP contribution is -2.12. The molecule has 3 N–H and O–H groups in total. The SMILES string of the molecule is CS(=O)(=O)c1ccc(Nc2nn(-c3ccc(Cl)cc3)cc2C(N)=O)cc1. The van der Waals surface area contributed by atoms with Crippen LogP contribution < -0.4 is 11.1 Å². The number of anilines is 2. The predicted octanol–water partition coefficient (Wildman–Crippen LogP) is 2.77. The van der Waals surface area contributed by atoms with Crippen LogP contribution in [0.1, 0.15) is 10.4 Å². The maximum absolute atomic E-state index is 11.7. The van der Waals surface area contributed by atoms with E-state index in [4.69, 9.17) is 17.3 Å². The van der Waals surface area contributed by atoms with Crippen LogP contribution in [-0.2, 0) is 9.84 Å². The largest absolute Gasteiger partial charge is 0.365 e. The number of amides is 1. The molecule has 1 heterocycles. The quantitative estimate of drug-likeness (QED) is 0.696. The van der Waals surface area contributed by atoms with Crippen LogP contribution in [0.5, 0.6) is 0 Å². The number of primary amides is 1. The van der Waals surface area contributed by atoms with E-state index < -0.39 is 15.7 Å². The first kappa shape index (κ1) is 18.0. The fourth-order valence-electron chi connectivity index (χ4n) is 2.29. The van der Waals surface area contributed by atoms with E-state index in [1.807, 2.05) is 0 Å². The molecule has 0 aliphatic carbocycles. The average molecular weight is 391 g/mol. The van der Waals surface area contributed by atoms with Gasteiger partial charge in [0.2, 0.25) is 0 Å². The zero-order valence-electron chi connectivity index (χ0n) is 13.7. The van der Waals surface area contributed by atoms with Crippen molar-refractivity contribution >= 4 is 38.9 Å². The normalized spacial score (nSPS) is 11.3. The van der Waals surface area contributed by atoms with Crippen LogP contribution in [0, 0.1) is 0 Å². The molecule has 2 aromatic carbocycles. The van der Waals surface area contributed by atoms with Crippen molar-refractivity contribution in [2.45, 2.75) is 4.90 Å². The van der Waals surface area contributed by atoms with Crippen LogP contribution in [0.4, 0.5) is 11.5 Å². The van der Waals surface area contributed by atoms with Gasteiger partial charge in [0.25, 0.3) is 5.91 Å². The third-order valence-electron chi connectivity index (χ3n) is 3.62. The Balaban J connectivity index is 1.94. The molecule has 9 heteroatoms. The van der Waals surface area contributed by atoms with E-state index in [1.165, 1.54) is 23.0 Å². The molecule has 0 atom stereocenters. The summed E-state index contributed by atoms with van der Waals surface area (Å²) in [5.74, 6) is -0.375. The first-order valence-corrected chi connectivity index (χ1v) is 9.73. The number of nitrogens with two attached hydrogens (primary N) is 1. The predicted molar refractivity (Wildman–Crippen MR) is 99.9 cm³/mol. The van der Waals surface area contributed by atoms with Gasteiger partial charge in [0.1, 0.15) is 5.56 Å². The van der Waals surface area contributed by atoms with Crippen molar-refractivity contribution in [3.8, 4) is 5.69 Å². The van der Waals surface area contributed by atoms with Gasteiger partial charge in [-0.1, -0.05) is 11.6 Å². The molecule has 0 bridgehead atoms. The van der Waals surface area contributed by atoms with Crippen molar-refractivity contribution in [1.29, 1.82) is 0 Å². The second kappa shape index (κ2) is 6.81. The van der Waals surface area contributed by atoms with Crippen LogP contribution in [0.2, 0.25) is 5.02 Å². The van der Waals surface area contributed by atoms with Crippen LogP contribution in [0.15, 0.2) is 59.6 Å². The molecule has 0 radical (unpaired) electrons. The minimum Gasteiger partial charge on any atom is -0.365 e. The Morgan fingerprint density at radius 3 is 2.27 bits per heavy atom. The summed E-state index contributed by atoms with van der Waals surface area (Å²) in [6, 6.07) is 13.0. The number of hydrogen-bond donors (Lipinski definition) is 2. The van der Waals surface area contributed by atoms with E-state index in [0.717, 1.165) is 6.26 Å². The van der Waals surface area contributed by atoms with Crippen LogP contribution in [-0.4, -0.2) is 30.4 Å². The molecule has 0 saturated carbocycles. The number of aromatic nitrogens is 2. The van der Waals surface area contributed by atoms with Crippen LogP contribution >= 0.6 is 11.6 Å². The highest BCUT2D eigenvalue weighted by molar-refractivity contribution is 7.90. The lowest BCUT2D eigenvalue weighted by Gasteiger charge is -2.06. The molecule has 3 aromatic rings. The monoisotopic (exact) mass is 390 g/mol. The Bertz CT molecular complexity index is 1060. The lowest BCUT2D eigenvalue weighted by atomic mass is 10.2. The maximum Gasteiger partial charge on any atom is 0.254 e. The van der Waals surface area contributed by atoms with E-state index in [1.54, 1.807) is 36.4 Å². The van der Waals surface area contributed by atoms with Gasteiger partial charge in [-0.05, 0) is 48.5 Å². The third-order valence-corrected chi connectivity index (χ3v) is 5.00. The number of rotatable bonds is 5. The van der Waals surface area contributed by atoms with E-state index in [2.05, 4.69) is 10.4 Å². The second-order valence-electron chi connectivity index (χ2n) is 5.60. The van der Waals surface area contributed by atoms with Crippen molar-refractivity contribution < 1.29 is 13.2 Å². The highest BCUT2D eigenvalue weighted by Gasteiger charge is 2.15. The van der Waals surface area contributed by atoms with Gasteiger partial charge in [-0.25, -0.2) is 13.1 Å². The lowest BCUT2D eigenvalue weighted by molar-refractivity contribution is 0.100. The molecule has 0 fully saturated rings. The van der Waals surface area contributed by atoms with Crippen molar-refractivity contribution in [3.63, 3.8) is 0 Å². The molecule has 0 spiro atoms. The maximum atomic E-state index is 11.7. The molecule has 1 amide bonds. The van der Waals surface area contributed by atoms with Crippen molar-refractivity contribution in [3.05, 3.63) is 65.3 Å². The number of halogens is 1. The van der Waals surface area contributed by atoms with E-state index in [9.17, 15) is 13.2 Å². The van der Waals surface area contributed by atoms with Gasteiger partial charge in [0, 0.05) is 23.2 Å². The molecule has 0 aliphatic rings. The van der Waals surface area contributed by atoms with Crippen molar-refractivity contribution in [2.24, 2.45) is 5.73 Å². The molecule has 0 unspecified atom stereocenters. The minimum absolute atomic E-state index is 0.199. The van der Waals surface area contributed by atoms with Crippen molar-refractivity contribution in [2.75, 3.05) is 11.6 Å². The number of sulfone groups is 1. The Labute approximate surface area is 155 Å². The number of hydrogen-bond acceptors (Lipinski definition) is 5. The van der Waals surface area contributed by atoms with Crippen LogP contribution in [0.3, 0.4) is 0 Å². The summed E-state index contributed by atoms with van der Waals surface area (Å²) in [6.07, 6.45) is 2.65. The molecule has 26 heavy (non-hydrogen) atoms. The van der Waals surface area contributed by atoms with Gasteiger partial charge in [0.15, 0.2) is 15.7 Å². The topological polar surface area (TPSA) is 107 Å². The zero-order valence-corrected chi connectivity index (χ0v) is 15.3. The second-order valence-corrected chi connectivity index (χ2v) is 8.05. The molecule has 3 rings (SSSR count). The van der Waals surface area contributed by atoms with Gasteiger partial charge in [-0.2, -0.15) is 0 Å². The summed E-state index contributed by atoms with van der Waals surface area (Å²) in [4.78, 5) is 11.9. The molecular formula is C17H15ClN4O3S. The summed E-state index contributed by atoms with van der Waals surface area (Å²) in [5.41, 5.74) is 6.91. The van der Waals surface area contributed by atoms with E-state index in [-0.39, 0.29) is 16.3 Å². The van der Waals surface area contributed by atoms with E-state index >= 15 is 0 Å². The first-order chi connectivity index (χ1) is 12.2. The average Bonchev–Trinajstić information content (AvgIpc) is 2.99. The fraction of sp³-hybridized carbons (Fsp3) is 0.0588. The molecule has 134 valence electrons.